The summed E-state index contributed by atoms with van der Waals surface area (Å²) in [5.41, 5.74) is 4.79. The van der Waals surface area contributed by atoms with Crippen LogP contribution in [0.15, 0.2) is 30.9 Å². The number of nitrogens with one attached hydrogen (secondary N) is 1. The molecule has 2 aliphatic rings. The van der Waals surface area contributed by atoms with Gasteiger partial charge in [-0.15, -0.1) is 6.58 Å². The van der Waals surface area contributed by atoms with Crippen molar-refractivity contribution in [2.45, 2.75) is 39.3 Å². The molecule has 0 aliphatic carbocycles. The number of amides is 1. The average Bonchev–Trinajstić information content (AvgIpc) is 2.95. The van der Waals surface area contributed by atoms with E-state index in [4.69, 9.17) is 0 Å². The largest absolute Gasteiger partial charge is 0.340 e. The van der Waals surface area contributed by atoms with Gasteiger partial charge in [0.15, 0.2) is 0 Å². The number of benzene rings is 1. The van der Waals surface area contributed by atoms with Gasteiger partial charge < -0.3 is 14.8 Å². The summed E-state index contributed by atoms with van der Waals surface area (Å²) in [6.45, 7) is 10.6. The minimum atomic E-state index is 0.183. The van der Waals surface area contributed by atoms with Crippen molar-refractivity contribution in [3.8, 4) is 0 Å². The zero-order chi connectivity index (χ0) is 17.4. The SMILES string of the molecule is C=CCn1c2c(c3cc(C(=O)N4CCCC(C)C4)ccc31)CNCC2. The Bertz CT molecular complexity index is 820. The van der Waals surface area contributed by atoms with Gasteiger partial charge in [-0.2, -0.15) is 0 Å². The molecule has 1 fully saturated rings. The second kappa shape index (κ2) is 6.68. The van der Waals surface area contributed by atoms with Crippen molar-refractivity contribution in [2.75, 3.05) is 19.6 Å². The van der Waals surface area contributed by atoms with E-state index in [-0.39, 0.29) is 5.91 Å². The fourth-order valence-electron chi connectivity index (χ4n) is 4.41. The molecular weight excluding hydrogens is 310 g/mol. The van der Waals surface area contributed by atoms with Crippen molar-refractivity contribution in [1.29, 1.82) is 0 Å². The van der Waals surface area contributed by atoms with Gasteiger partial charge in [0.1, 0.15) is 0 Å². The number of rotatable bonds is 3. The number of likely N-dealkylation sites (tertiary alicyclic amines) is 1. The third-order valence-corrected chi connectivity index (χ3v) is 5.63. The summed E-state index contributed by atoms with van der Waals surface area (Å²) in [4.78, 5) is 15.0. The highest BCUT2D eigenvalue weighted by Crippen LogP contribution is 2.30. The Balaban J connectivity index is 1.74. The van der Waals surface area contributed by atoms with E-state index in [0.717, 1.165) is 51.1 Å². The van der Waals surface area contributed by atoms with Gasteiger partial charge in [0.05, 0.1) is 0 Å². The Morgan fingerprint density at radius 1 is 1.44 bits per heavy atom. The highest BCUT2D eigenvalue weighted by molar-refractivity contribution is 5.99. The van der Waals surface area contributed by atoms with Crippen LogP contribution in [0.3, 0.4) is 0 Å². The lowest BCUT2D eigenvalue weighted by Gasteiger charge is -2.31. The fraction of sp³-hybridized carbons (Fsp3) is 0.476. The Morgan fingerprint density at radius 3 is 3.12 bits per heavy atom. The monoisotopic (exact) mass is 337 g/mol. The molecule has 0 bridgehead atoms. The van der Waals surface area contributed by atoms with Crippen LogP contribution in [0.2, 0.25) is 0 Å². The van der Waals surface area contributed by atoms with Crippen LogP contribution in [0.1, 0.15) is 41.4 Å². The molecule has 3 heterocycles. The molecule has 0 radical (unpaired) electrons. The highest BCUT2D eigenvalue weighted by atomic mass is 16.2. The average molecular weight is 337 g/mol. The summed E-state index contributed by atoms with van der Waals surface area (Å²) in [5, 5.41) is 4.69. The van der Waals surface area contributed by atoms with E-state index >= 15 is 0 Å². The van der Waals surface area contributed by atoms with Crippen LogP contribution in [0.5, 0.6) is 0 Å². The van der Waals surface area contributed by atoms with Gasteiger partial charge in [-0.25, -0.2) is 0 Å². The molecule has 4 rings (SSSR count). The van der Waals surface area contributed by atoms with E-state index < -0.39 is 0 Å². The molecule has 2 aromatic rings. The second-order valence-electron chi connectivity index (χ2n) is 7.48. The van der Waals surface area contributed by atoms with Gasteiger partial charge in [-0.05, 0) is 42.5 Å². The van der Waals surface area contributed by atoms with Crippen LogP contribution < -0.4 is 5.32 Å². The Kier molecular flexibility index (Phi) is 4.38. The second-order valence-corrected chi connectivity index (χ2v) is 7.48. The summed E-state index contributed by atoms with van der Waals surface area (Å²) in [6.07, 6.45) is 5.33. The molecule has 1 amide bonds. The van der Waals surface area contributed by atoms with Crippen LogP contribution in [0.25, 0.3) is 10.9 Å². The van der Waals surface area contributed by atoms with Crippen LogP contribution in [0, 0.1) is 5.92 Å². The van der Waals surface area contributed by atoms with E-state index in [1.54, 1.807) is 0 Å². The van der Waals surface area contributed by atoms with Crippen LogP contribution in [0.4, 0.5) is 0 Å². The third kappa shape index (κ3) is 2.89. The van der Waals surface area contributed by atoms with E-state index in [0.29, 0.717) is 5.92 Å². The van der Waals surface area contributed by atoms with E-state index in [1.807, 2.05) is 17.0 Å². The summed E-state index contributed by atoms with van der Waals surface area (Å²) in [6, 6.07) is 6.24. The predicted molar refractivity (Wildman–Crippen MR) is 102 cm³/mol. The number of piperidine rings is 1. The predicted octanol–water partition coefficient (Wildman–Crippen LogP) is 3.35. The number of hydrogen-bond donors (Lipinski definition) is 1. The maximum absolute atomic E-state index is 13.0. The number of fused-ring (bicyclic) bond motifs is 3. The zero-order valence-corrected chi connectivity index (χ0v) is 15.1. The first-order chi connectivity index (χ1) is 12.2. The lowest BCUT2D eigenvalue weighted by Crippen LogP contribution is -2.39. The molecule has 0 saturated carbocycles. The Morgan fingerprint density at radius 2 is 2.32 bits per heavy atom. The summed E-state index contributed by atoms with van der Waals surface area (Å²) in [5.74, 6) is 0.787. The zero-order valence-electron chi connectivity index (χ0n) is 15.1. The number of carbonyl (C=O) groups is 1. The minimum absolute atomic E-state index is 0.183. The van der Waals surface area contributed by atoms with Gasteiger partial charge in [0.2, 0.25) is 0 Å². The Labute approximate surface area is 149 Å². The molecule has 1 aromatic carbocycles. The maximum atomic E-state index is 13.0. The van der Waals surface area contributed by atoms with E-state index in [1.165, 1.54) is 28.6 Å². The van der Waals surface area contributed by atoms with Crippen LogP contribution in [-0.4, -0.2) is 35.0 Å². The van der Waals surface area contributed by atoms with Crippen LogP contribution >= 0.6 is 0 Å². The van der Waals surface area contributed by atoms with Gasteiger partial charge in [0, 0.05) is 61.3 Å². The van der Waals surface area contributed by atoms with Crippen molar-refractivity contribution in [1.82, 2.24) is 14.8 Å². The van der Waals surface area contributed by atoms with Crippen molar-refractivity contribution in [3.63, 3.8) is 0 Å². The van der Waals surface area contributed by atoms with Crippen molar-refractivity contribution in [2.24, 2.45) is 5.92 Å². The first-order valence-electron chi connectivity index (χ1n) is 9.44. The lowest BCUT2D eigenvalue weighted by atomic mass is 9.99. The molecule has 0 spiro atoms. The molecule has 1 aromatic heterocycles. The number of hydrogen-bond acceptors (Lipinski definition) is 2. The summed E-state index contributed by atoms with van der Waals surface area (Å²) < 4.78 is 2.36. The molecule has 1 N–H and O–H groups in total. The van der Waals surface area contributed by atoms with E-state index in [2.05, 4.69) is 35.5 Å². The maximum Gasteiger partial charge on any atom is 0.253 e. The molecule has 1 atom stereocenters. The third-order valence-electron chi connectivity index (χ3n) is 5.63. The lowest BCUT2D eigenvalue weighted by molar-refractivity contribution is 0.0683. The van der Waals surface area contributed by atoms with Gasteiger partial charge in [-0.3, -0.25) is 4.79 Å². The molecule has 2 aliphatic heterocycles. The quantitative estimate of drug-likeness (QED) is 0.872. The molecule has 132 valence electrons. The van der Waals surface area contributed by atoms with Gasteiger partial charge in [-0.1, -0.05) is 13.0 Å². The Hall–Kier alpha value is -2.07. The van der Waals surface area contributed by atoms with Crippen molar-refractivity contribution in [3.05, 3.63) is 47.7 Å². The normalized spacial score (nSPS) is 20.5. The van der Waals surface area contributed by atoms with Crippen LogP contribution in [-0.2, 0) is 19.5 Å². The van der Waals surface area contributed by atoms with Crippen molar-refractivity contribution < 1.29 is 4.79 Å². The molecule has 1 saturated heterocycles. The highest BCUT2D eigenvalue weighted by Gasteiger charge is 2.24. The first-order valence-corrected chi connectivity index (χ1v) is 9.44. The van der Waals surface area contributed by atoms with E-state index in [9.17, 15) is 4.79 Å². The number of allylic oxidation sites excluding steroid dienone is 1. The number of aromatic nitrogens is 1. The van der Waals surface area contributed by atoms with Gasteiger partial charge >= 0.3 is 0 Å². The minimum Gasteiger partial charge on any atom is -0.340 e. The smallest absolute Gasteiger partial charge is 0.253 e. The molecular formula is C21H27N3O. The molecule has 4 nitrogen and oxygen atoms in total. The topological polar surface area (TPSA) is 37.3 Å². The fourth-order valence-corrected chi connectivity index (χ4v) is 4.41. The first kappa shape index (κ1) is 16.4. The summed E-state index contributed by atoms with van der Waals surface area (Å²) >= 11 is 0. The van der Waals surface area contributed by atoms with Crippen molar-refractivity contribution >= 4 is 16.8 Å². The number of carbonyl (C=O) groups excluding carboxylic acids is 1. The molecule has 4 heteroatoms. The molecule has 1 unspecified atom stereocenters. The standard InChI is InChI=1S/C21H27N3O/c1-3-10-24-19-7-6-16(21(25)23-11-4-5-15(2)14-23)12-17(19)18-13-22-9-8-20(18)24/h3,6-7,12,15,22H,1,4-5,8-11,13-14H2,2H3. The summed E-state index contributed by atoms with van der Waals surface area (Å²) in [7, 11) is 0. The number of nitrogens with zero attached hydrogens (tertiary/aromatic N) is 2. The van der Waals surface area contributed by atoms with Gasteiger partial charge in [0.25, 0.3) is 5.91 Å². The molecule has 25 heavy (non-hydrogen) atoms.